The summed E-state index contributed by atoms with van der Waals surface area (Å²) in [7, 11) is 0. The van der Waals surface area contributed by atoms with Crippen LogP contribution in [-0.2, 0) is 0 Å². The zero-order valence-electron chi connectivity index (χ0n) is 23.7. The van der Waals surface area contributed by atoms with Crippen LogP contribution in [0.25, 0.3) is 81.6 Å². The van der Waals surface area contributed by atoms with Crippen molar-refractivity contribution in [2.24, 2.45) is 0 Å². The molecule has 0 unspecified atom stereocenters. The van der Waals surface area contributed by atoms with Crippen LogP contribution in [0.5, 0.6) is 0 Å². The largest absolute Gasteiger partial charge is 0.309 e. The lowest BCUT2D eigenvalue weighted by atomic mass is 10.0. The SMILES string of the molecule is c1ccc(-c2ccc(-n3c4ccccc4c4cc(-c5nc(-c6ccccc6)nc6sc7ccccc7c56)ccc43)cc2)cc1. The Hall–Kier alpha value is -5.58. The van der Waals surface area contributed by atoms with E-state index in [0.29, 0.717) is 0 Å². The van der Waals surface area contributed by atoms with E-state index in [4.69, 9.17) is 9.97 Å². The predicted octanol–water partition coefficient (Wildman–Crippen LogP) is 10.9. The van der Waals surface area contributed by atoms with Gasteiger partial charge in [0.15, 0.2) is 5.82 Å². The van der Waals surface area contributed by atoms with Crippen LogP contribution in [0.15, 0.2) is 152 Å². The molecule has 0 atom stereocenters. The number of thiophene rings is 1. The van der Waals surface area contributed by atoms with Crippen molar-refractivity contribution in [2.45, 2.75) is 0 Å². The monoisotopic (exact) mass is 579 g/mol. The molecule has 0 radical (unpaired) electrons. The molecule has 0 N–H and O–H groups in total. The van der Waals surface area contributed by atoms with E-state index in [9.17, 15) is 0 Å². The zero-order valence-corrected chi connectivity index (χ0v) is 24.5. The van der Waals surface area contributed by atoms with Crippen molar-refractivity contribution in [2.75, 3.05) is 0 Å². The molecule has 0 spiro atoms. The molecule has 0 aliphatic carbocycles. The Morgan fingerprint density at radius 2 is 1.07 bits per heavy atom. The first-order chi connectivity index (χ1) is 21.8. The molecule has 0 fully saturated rings. The Morgan fingerprint density at radius 3 is 1.86 bits per heavy atom. The molecule has 0 bridgehead atoms. The van der Waals surface area contributed by atoms with Crippen molar-refractivity contribution in [3.05, 3.63) is 152 Å². The number of aromatic nitrogens is 3. The Kier molecular flexibility index (Phi) is 5.68. The van der Waals surface area contributed by atoms with Gasteiger partial charge in [-0.25, -0.2) is 9.97 Å². The standard InChI is InChI=1S/C40H25N3S/c1-3-11-26(12-4-1)27-19-22-30(23-20-27)43-34-17-9-7-15-31(34)33-25-29(21-24-35(33)43)38-37-32-16-8-10-18-36(32)44-40(37)42-39(41-38)28-13-5-2-6-14-28/h1-25H. The summed E-state index contributed by atoms with van der Waals surface area (Å²) < 4.78 is 3.59. The molecule has 3 aromatic heterocycles. The average Bonchev–Trinajstić information content (AvgIpc) is 3.64. The van der Waals surface area contributed by atoms with E-state index in [0.717, 1.165) is 38.5 Å². The zero-order chi connectivity index (χ0) is 29.0. The predicted molar refractivity (Wildman–Crippen MR) is 186 cm³/mol. The molecule has 44 heavy (non-hydrogen) atoms. The molecular weight excluding hydrogens is 555 g/mol. The molecular formula is C40H25N3S. The summed E-state index contributed by atoms with van der Waals surface area (Å²) in [6.07, 6.45) is 0. The molecule has 0 saturated heterocycles. The van der Waals surface area contributed by atoms with Gasteiger partial charge >= 0.3 is 0 Å². The summed E-state index contributed by atoms with van der Waals surface area (Å²) >= 11 is 1.73. The second kappa shape index (κ2) is 10.0. The van der Waals surface area contributed by atoms with Crippen molar-refractivity contribution < 1.29 is 0 Å². The average molecular weight is 580 g/mol. The van der Waals surface area contributed by atoms with Crippen LogP contribution in [0.2, 0.25) is 0 Å². The number of rotatable bonds is 4. The third-order valence-electron chi connectivity index (χ3n) is 8.45. The molecule has 0 saturated carbocycles. The molecule has 3 nitrogen and oxygen atoms in total. The molecule has 4 heteroatoms. The van der Waals surface area contributed by atoms with Gasteiger partial charge in [0.05, 0.1) is 16.7 Å². The van der Waals surface area contributed by atoms with Gasteiger partial charge in [-0.1, -0.05) is 115 Å². The van der Waals surface area contributed by atoms with Crippen LogP contribution in [0.4, 0.5) is 0 Å². The Labute approximate surface area is 258 Å². The van der Waals surface area contributed by atoms with Gasteiger partial charge in [0, 0.05) is 43.1 Å². The lowest BCUT2D eigenvalue weighted by molar-refractivity contribution is 1.18. The number of para-hydroxylation sites is 1. The smallest absolute Gasteiger partial charge is 0.161 e. The minimum absolute atomic E-state index is 0.751. The molecule has 0 aliphatic rings. The highest BCUT2D eigenvalue weighted by Crippen LogP contribution is 2.41. The summed E-state index contributed by atoms with van der Waals surface area (Å²) in [5.41, 5.74) is 9.01. The van der Waals surface area contributed by atoms with Gasteiger partial charge in [0.2, 0.25) is 0 Å². The maximum absolute atomic E-state index is 5.24. The second-order valence-electron chi connectivity index (χ2n) is 11.0. The van der Waals surface area contributed by atoms with Crippen molar-refractivity contribution >= 4 is 53.4 Å². The first kappa shape index (κ1) is 25.0. The topological polar surface area (TPSA) is 30.7 Å². The quantitative estimate of drug-likeness (QED) is 0.208. The molecule has 0 amide bonds. The molecule has 0 aliphatic heterocycles. The third kappa shape index (κ3) is 3.96. The lowest BCUT2D eigenvalue weighted by Gasteiger charge is -2.10. The first-order valence-corrected chi connectivity index (χ1v) is 15.6. The number of benzene rings is 6. The lowest BCUT2D eigenvalue weighted by Crippen LogP contribution is -1.95. The van der Waals surface area contributed by atoms with E-state index in [1.54, 1.807) is 11.3 Å². The van der Waals surface area contributed by atoms with E-state index in [-0.39, 0.29) is 0 Å². The van der Waals surface area contributed by atoms with Gasteiger partial charge in [-0.05, 0) is 47.5 Å². The fraction of sp³-hybridized carbons (Fsp3) is 0. The molecule has 9 aromatic rings. The number of fused-ring (bicyclic) bond motifs is 6. The van der Waals surface area contributed by atoms with Gasteiger partial charge in [0.1, 0.15) is 4.83 Å². The summed E-state index contributed by atoms with van der Waals surface area (Å²) in [6.45, 7) is 0. The summed E-state index contributed by atoms with van der Waals surface area (Å²) in [6, 6.07) is 53.7. The normalized spacial score (nSPS) is 11.6. The van der Waals surface area contributed by atoms with Crippen molar-refractivity contribution in [1.82, 2.24) is 14.5 Å². The fourth-order valence-electron chi connectivity index (χ4n) is 6.38. The minimum Gasteiger partial charge on any atom is -0.309 e. The Morgan fingerprint density at radius 1 is 0.455 bits per heavy atom. The van der Waals surface area contributed by atoms with Gasteiger partial charge in [-0.15, -0.1) is 11.3 Å². The summed E-state index contributed by atoms with van der Waals surface area (Å²) in [5.74, 6) is 0.751. The second-order valence-corrected chi connectivity index (χ2v) is 12.1. The van der Waals surface area contributed by atoms with Gasteiger partial charge < -0.3 is 4.57 Å². The van der Waals surface area contributed by atoms with E-state index in [1.807, 2.05) is 18.2 Å². The van der Waals surface area contributed by atoms with Crippen molar-refractivity contribution in [3.63, 3.8) is 0 Å². The van der Waals surface area contributed by atoms with Crippen LogP contribution >= 0.6 is 11.3 Å². The van der Waals surface area contributed by atoms with Crippen LogP contribution in [0.3, 0.4) is 0 Å². The van der Waals surface area contributed by atoms with Gasteiger partial charge in [-0.2, -0.15) is 0 Å². The summed E-state index contributed by atoms with van der Waals surface area (Å²) in [5, 5.41) is 4.74. The van der Waals surface area contributed by atoms with Crippen LogP contribution in [0.1, 0.15) is 0 Å². The van der Waals surface area contributed by atoms with Crippen molar-refractivity contribution in [3.8, 4) is 39.5 Å². The maximum atomic E-state index is 5.24. The number of nitrogens with zero attached hydrogens (tertiary/aromatic N) is 3. The van der Waals surface area contributed by atoms with Gasteiger partial charge in [-0.3, -0.25) is 0 Å². The maximum Gasteiger partial charge on any atom is 0.161 e. The number of hydrogen-bond donors (Lipinski definition) is 0. The van der Waals surface area contributed by atoms with Gasteiger partial charge in [0.25, 0.3) is 0 Å². The summed E-state index contributed by atoms with van der Waals surface area (Å²) in [4.78, 5) is 11.3. The highest BCUT2D eigenvalue weighted by Gasteiger charge is 2.19. The highest BCUT2D eigenvalue weighted by molar-refractivity contribution is 7.25. The Bertz CT molecular complexity index is 2470. The van der Waals surface area contributed by atoms with Crippen molar-refractivity contribution in [1.29, 1.82) is 0 Å². The third-order valence-corrected chi connectivity index (χ3v) is 9.51. The Balaban J connectivity index is 1.27. The van der Waals surface area contributed by atoms with E-state index < -0.39 is 0 Å². The number of hydrogen-bond acceptors (Lipinski definition) is 3. The first-order valence-electron chi connectivity index (χ1n) is 14.8. The van der Waals surface area contributed by atoms with E-state index >= 15 is 0 Å². The van der Waals surface area contributed by atoms with E-state index in [1.165, 1.54) is 43.0 Å². The minimum atomic E-state index is 0.751. The van der Waals surface area contributed by atoms with Crippen LogP contribution in [-0.4, -0.2) is 14.5 Å². The molecule has 6 aromatic carbocycles. The fourth-order valence-corrected chi connectivity index (χ4v) is 7.46. The molecule has 206 valence electrons. The highest BCUT2D eigenvalue weighted by atomic mass is 32.1. The van der Waals surface area contributed by atoms with Crippen LogP contribution in [0, 0.1) is 0 Å². The molecule has 3 heterocycles. The van der Waals surface area contributed by atoms with E-state index in [2.05, 4.69) is 138 Å². The van der Waals surface area contributed by atoms with Crippen LogP contribution < -0.4 is 0 Å². The molecule has 9 rings (SSSR count).